The van der Waals surface area contributed by atoms with Crippen LogP contribution in [0, 0.1) is 6.92 Å². The summed E-state index contributed by atoms with van der Waals surface area (Å²) in [5.41, 5.74) is 3.61. The van der Waals surface area contributed by atoms with E-state index in [1.165, 1.54) is 6.08 Å². The van der Waals surface area contributed by atoms with Crippen molar-refractivity contribution in [2.24, 2.45) is 7.05 Å². The Bertz CT molecular complexity index is 944. The van der Waals surface area contributed by atoms with E-state index in [-0.39, 0.29) is 5.91 Å². The highest BCUT2D eigenvalue weighted by Gasteiger charge is 2.07. The van der Waals surface area contributed by atoms with E-state index in [1.807, 2.05) is 61.1 Å². The van der Waals surface area contributed by atoms with E-state index in [2.05, 4.69) is 10.3 Å². The second-order valence-corrected chi connectivity index (χ2v) is 6.14. The Morgan fingerprint density at radius 3 is 2.72 bits per heavy atom. The zero-order chi connectivity index (χ0) is 17.8. The third kappa shape index (κ3) is 4.17. The fraction of sp³-hybridized carbons (Fsp3) is 0.100. The molecule has 2 aromatic carbocycles. The molecule has 5 heteroatoms. The molecule has 1 heterocycles. The van der Waals surface area contributed by atoms with Gasteiger partial charge in [-0.2, -0.15) is 0 Å². The van der Waals surface area contributed by atoms with Crippen molar-refractivity contribution >= 4 is 29.3 Å². The second kappa shape index (κ2) is 7.36. The Morgan fingerprint density at radius 2 is 2.00 bits per heavy atom. The number of nitrogens with zero attached hydrogens (tertiary/aromatic N) is 2. The molecule has 1 N–H and O–H groups in total. The Balaban J connectivity index is 1.74. The summed E-state index contributed by atoms with van der Waals surface area (Å²) >= 11 is 5.94. The Kier molecular flexibility index (Phi) is 5.00. The molecule has 126 valence electrons. The first-order valence-corrected chi connectivity index (χ1v) is 8.24. The smallest absolute Gasteiger partial charge is 0.248 e. The van der Waals surface area contributed by atoms with Gasteiger partial charge in [-0.15, -0.1) is 0 Å². The molecule has 0 atom stereocenters. The molecule has 3 rings (SSSR count). The van der Waals surface area contributed by atoms with Crippen LogP contribution in [0.4, 0.5) is 5.69 Å². The zero-order valence-electron chi connectivity index (χ0n) is 14.0. The van der Waals surface area contributed by atoms with E-state index in [4.69, 9.17) is 11.6 Å². The first-order chi connectivity index (χ1) is 12.0. The monoisotopic (exact) mass is 351 g/mol. The van der Waals surface area contributed by atoms with Crippen molar-refractivity contribution in [3.05, 3.63) is 77.2 Å². The minimum Gasteiger partial charge on any atom is -0.331 e. The van der Waals surface area contributed by atoms with Crippen LogP contribution in [-0.4, -0.2) is 15.5 Å². The number of amides is 1. The van der Waals surface area contributed by atoms with Crippen LogP contribution in [0.2, 0.25) is 5.02 Å². The number of aromatic nitrogens is 2. The minimum absolute atomic E-state index is 0.196. The lowest BCUT2D eigenvalue weighted by Gasteiger charge is -2.07. The quantitative estimate of drug-likeness (QED) is 0.692. The number of hydrogen-bond donors (Lipinski definition) is 1. The second-order valence-electron chi connectivity index (χ2n) is 5.71. The largest absolute Gasteiger partial charge is 0.331 e. The molecule has 25 heavy (non-hydrogen) atoms. The van der Waals surface area contributed by atoms with Gasteiger partial charge >= 0.3 is 0 Å². The van der Waals surface area contributed by atoms with E-state index in [1.54, 1.807) is 18.2 Å². The summed E-state index contributed by atoms with van der Waals surface area (Å²) in [4.78, 5) is 16.4. The van der Waals surface area contributed by atoms with Crippen molar-refractivity contribution in [1.82, 2.24) is 9.55 Å². The van der Waals surface area contributed by atoms with E-state index in [9.17, 15) is 4.79 Å². The predicted octanol–water partition coefficient (Wildman–Crippen LogP) is 4.70. The minimum atomic E-state index is -0.196. The van der Waals surface area contributed by atoms with Crippen molar-refractivity contribution in [2.45, 2.75) is 6.92 Å². The van der Waals surface area contributed by atoms with Crippen LogP contribution >= 0.6 is 11.6 Å². The number of carbonyl (C=O) groups excluding carboxylic acids is 1. The maximum Gasteiger partial charge on any atom is 0.248 e. The predicted molar refractivity (Wildman–Crippen MR) is 102 cm³/mol. The van der Waals surface area contributed by atoms with E-state index >= 15 is 0 Å². The summed E-state index contributed by atoms with van der Waals surface area (Å²) in [6.07, 6.45) is 5.05. The van der Waals surface area contributed by atoms with Gasteiger partial charge in [0.1, 0.15) is 5.82 Å². The van der Waals surface area contributed by atoms with Gasteiger partial charge in [-0.1, -0.05) is 35.9 Å². The molecule has 0 radical (unpaired) electrons. The van der Waals surface area contributed by atoms with Crippen LogP contribution in [-0.2, 0) is 11.8 Å². The van der Waals surface area contributed by atoms with Crippen molar-refractivity contribution < 1.29 is 4.79 Å². The highest BCUT2D eigenvalue weighted by Crippen LogP contribution is 2.23. The number of imidazole rings is 1. The van der Waals surface area contributed by atoms with Crippen LogP contribution in [0.15, 0.2) is 60.8 Å². The molecule has 0 aliphatic carbocycles. The summed E-state index contributed by atoms with van der Waals surface area (Å²) in [6.45, 7) is 1.95. The molecule has 0 unspecified atom stereocenters. The number of carbonyl (C=O) groups is 1. The molecule has 0 fully saturated rings. The standard InChI is InChI=1S/C20H18ClN3O/c1-14-22-13-19(24(14)2)16-6-4-8-18(12-16)23-20(25)10-9-15-5-3-7-17(21)11-15/h3-13H,1-2H3,(H,23,25). The summed E-state index contributed by atoms with van der Waals surface area (Å²) in [7, 11) is 1.97. The van der Waals surface area contributed by atoms with Gasteiger partial charge in [0.15, 0.2) is 0 Å². The van der Waals surface area contributed by atoms with Gasteiger partial charge in [-0.05, 0) is 42.8 Å². The van der Waals surface area contributed by atoms with Crippen molar-refractivity contribution in [3.63, 3.8) is 0 Å². The van der Waals surface area contributed by atoms with Gasteiger partial charge in [0.2, 0.25) is 5.91 Å². The van der Waals surface area contributed by atoms with Crippen molar-refractivity contribution in [2.75, 3.05) is 5.32 Å². The lowest BCUT2D eigenvalue weighted by atomic mass is 10.1. The molecule has 1 amide bonds. The van der Waals surface area contributed by atoms with Crippen LogP contribution in [0.3, 0.4) is 0 Å². The molecular weight excluding hydrogens is 334 g/mol. The summed E-state index contributed by atoms with van der Waals surface area (Å²) in [5, 5.41) is 3.52. The first-order valence-electron chi connectivity index (χ1n) is 7.86. The lowest BCUT2D eigenvalue weighted by Crippen LogP contribution is -2.07. The number of hydrogen-bond acceptors (Lipinski definition) is 2. The zero-order valence-corrected chi connectivity index (χ0v) is 14.8. The average Bonchev–Trinajstić information content (AvgIpc) is 2.93. The van der Waals surface area contributed by atoms with Crippen molar-refractivity contribution in [3.8, 4) is 11.3 Å². The number of benzene rings is 2. The Hall–Kier alpha value is -2.85. The highest BCUT2D eigenvalue weighted by molar-refractivity contribution is 6.30. The van der Waals surface area contributed by atoms with Crippen molar-refractivity contribution in [1.29, 1.82) is 0 Å². The Labute approximate surface area is 151 Å². The summed E-state index contributed by atoms with van der Waals surface area (Å²) in [6, 6.07) is 15.0. The van der Waals surface area contributed by atoms with E-state index < -0.39 is 0 Å². The number of aryl methyl sites for hydroxylation is 1. The molecule has 0 aliphatic rings. The Morgan fingerprint density at radius 1 is 1.20 bits per heavy atom. The maximum absolute atomic E-state index is 12.1. The molecule has 4 nitrogen and oxygen atoms in total. The molecular formula is C20H18ClN3O. The fourth-order valence-corrected chi connectivity index (χ4v) is 2.69. The van der Waals surface area contributed by atoms with Crippen LogP contribution in [0.5, 0.6) is 0 Å². The normalized spacial score (nSPS) is 11.0. The third-order valence-corrected chi connectivity index (χ3v) is 4.16. The van der Waals surface area contributed by atoms with E-state index in [0.29, 0.717) is 5.02 Å². The van der Waals surface area contributed by atoms with Gasteiger partial charge in [0.05, 0.1) is 11.9 Å². The van der Waals surface area contributed by atoms with Gasteiger partial charge in [-0.25, -0.2) is 4.98 Å². The third-order valence-electron chi connectivity index (χ3n) is 3.92. The van der Waals surface area contributed by atoms with Gasteiger partial charge < -0.3 is 9.88 Å². The number of rotatable bonds is 4. The van der Waals surface area contributed by atoms with E-state index in [0.717, 1.165) is 28.3 Å². The number of anilines is 1. The molecule has 1 aromatic heterocycles. The van der Waals surface area contributed by atoms with Crippen LogP contribution < -0.4 is 5.32 Å². The first kappa shape index (κ1) is 17.0. The lowest BCUT2D eigenvalue weighted by molar-refractivity contribution is -0.111. The topological polar surface area (TPSA) is 46.9 Å². The molecule has 0 aliphatic heterocycles. The SMILES string of the molecule is Cc1ncc(-c2cccc(NC(=O)C=Cc3cccc(Cl)c3)c2)n1C. The summed E-state index contributed by atoms with van der Waals surface area (Å²) in [5.74, 6) is 0.743. The average molecular weight is 352 g/mol. The van der Waals surface area contributed by atoms with Crippen LogP contribution in [0.1, 0.15) is 11.4 Å². The molecule has 3 aromatic rings. The number of nitrogens with one attached hydrogen (secondary N) is 1. The number of halogens is 1. The molecule has 0 bridgehead atoms. The van der Waals surface area contributed by atoms with Gasteiger partial charge in [0, 0.05) is 29.4 Å². The van der Waals surface area contributed by atoms with Gasteiger partial charge in [0.25, 0.3) is 0 Å². The highest BCUT2D eigenvalue weighted by atomic mass is 35.5. The summed E-state index contributed by atoms with van der Waals surface area (Å²) < 4.78 is 2.01. The van der Waals surface area contributed by atoms with Gasteiger partial charge in [-0.3, -0.25) is 4.79 Å². The fourth-order valence-electron chi connectivity index (χ4n) is 2.49. The molecule has 0 saturated carbocycles. The molecule has 0 saturated heterocycles. The van der Waals surface area contributed by atoms with Crippen LogP contribution in [0.25, 0.3) is 17.3 Å². The molecule has 0 spiro atoms. The maximum atomic E-state index is 12.1.